The smallest absolute Gasteiger partial charge is 0.230 e. The molecule has 0 saturated carbocycles. The molecule has 0 unspecified atom stereocenters. The van der Waals surface area contributed by atoms with Crippen LogP contribution in [0.15, 0.2) is 53.9 Å². The minimum absolute atomic E-state index is 0.0561. The van der Waals surface area contributed by atoms with Gasteiger partial charge in [-0.25, -0.2) is 4.98 Å². The van der Waals surface area contributed by atoms with E-state index in [1.54, 1.807) is 18.0 Å². The van der Waals surface area contributed by atoms with Crippen molar-refractivity contribution < 1.29 is 9.53 Å². The normalized spacial score (nSPS) is 11.8. The van der Waals surface area contributed by atoms with E-state index in [9.17, 15) is 4.79 Å². The van der Waals surface area contributed by atoms with Gasteiger partial charge in [0.05, 0.1) is 24.6 Å². The molecule has 7 nitrogen and oxygen atoms in total. The first-order chi connectivity index (χ1) is 13.0. The van der Waals surface area contributed by atoms with Crippen molar-refractivity contribution in [3.63, 3.8) is 0 Å². The van der Waals surface area contributed by atoms with Gasteiger partial charge in [0, 0.05) is 6.20 Å². The van der Waals surface area contributed by atoms with Crippen molar-refractivity contribution in [3.8, 4) is 11.6 Å². The lowest BCUT2D eigenvalue weighted by Crippen LogP contribution is -2.28. The Kier molecular flexibility index (Phi) is 6.08. The largest absolute Gasteiger partial charge is 0.497 e. The fraction of sp³-hybridized carbons (Fsp3) is 0.263. The first-order valence-corrected chi connectivity index (χ1v) is 9.44. The Labute approximate surface area is 162 Å². The molecule has 0 saturated heterocycles. The lowest BCUT2D eigenvalue weighted by molar-refractivity contribution is -0.119. The highest BCUT2D eigenvalue weighted by Crippen LogP contribution is 2.19. The lowest BCUT2D eigenvalue weighted by Gasteiger charge is -2.14. The van der Waals surface area contributed by atoms with Crippen LogP contribution < -0.4 is 10.1 Å². The zero-order chi connectivity index (χ0) is 19.2. The van der Waals surface area contributed by atoms with E-state index < -0.39 is 0 Å². The number of amides is 1. The van der Waals surface area contributed by atoms with Gasteiger partial charge < -0.3 is 10.1 Å². The van der Waals surface area contributed by atoms with E-state index in [2.05, 4.69) is 20.5 Å². The summed E-state index contributed by atoms with van der Waals surface area (Å²) in [5.41, 5.74) is 1.94. The number of thioether (sulfide) groups is 1. The van der Waals surface area contributed by atoms with Crippen molar-refractivity contribution in [3.05, 3.63) is 60.2 Å². The van der Waals surface area contributed by atoms with E-state index in [0.717, 1.165) is 17.0 Å². The summed E-state index contributed by atoms with van der Waals surface area (Å²) in [5.74, 6) is 1.70. The van der Waals surface area contributed by atoms with Crippen LogP contribution in [-0.2, 0) is 4.79 Å². The molecule has 3 rings (SSSR count). The number of hydrogen-bond donors (Lipinski definition) is 1. The maximum atomic E-state index is 12.2. The molecule has 8 heteroatoms. The average Bonchev–Trinajstić information content (AvgIpc) is 3.13. The molecule has 1 amide bonds. The van der Waals surface area contributed by atoms with E-state index in [4.69, 9.17) is 4.74 Å². The molecule has 0 spiro atoms. The number of rotatable bonds is 7. The van der Waals surface area contributed by atoms with Crippen molar-refractivity contribution in [1.29, 1.82) is 0 Å². The summed E-state index contributed by atoms with van der Waals surface area (Å²) in [5, 5.41) is 12.0. The van der Waals surface area contributed by atoms with Gasteiger partial charge in [0.25, 0.3) is 0 Å². The quantitative estimate of drug-likeness (QED) is 0.632. The third-order valence-electron chi connectivity index (χ3n) is 3.95. The predicted octanol–water partition coefficient (Wildman–Crippen LogP) is 2.95. The number of ether oxygens (including phenoxy) is 1. The third-order valence-corrected chi connectivity index (χ3v) is 4.87. The number of carbonyl (C=O) groups excluding carboxylic acids is 1. The standard InChI is InChI=1S/C19H21N5O2S/c1-13-10-24(12-20-13)17-8-9-19(23-22-17)27-11-18(25)21-14(2)15-4-6-16(26-3)7-5-15/h4-10,12,14H,11H2,1-3H3,(H,21,25)/t14-/m0/s1. The van der Waals surface area contributed by atoms with Crippen LogP contribution >= 0.6 is 11.8 Å². The second kappa shape index (κ2) is 8.68. The Morgan fingerprint density at radius 2 is 2.00 bits per heavy atom. The van der Waals surface area contributed by atoms with E-state index in [-0.39, 0.29) is 17.7 Å². The molecule has 1 atom stereocenters. The second-order valence-corrected chi connectivity index (χ2v) is 7.00. The summed E-state index contributed by atoms with van der Waals surface area (Å²) in [6, 6.07) is 11.3. The van der Waals surface area contributed by atoms with Crippen molar-refractivity contribution in [2.24, 2.45) is 0 Å². The van der Waals surface area contributed by atoms with Gasteiger partial charge in [-0.15, -0.1) is 10.2 Å². The molecule has 0 radical (unpaired) electrons. The molecule has 0 fully saturated rings. The Morgan fingerprint density at radius 3 is 2.59 bits per heavy atom. The van der Waals surface area contributed by atoms with Crippen LogP contribution in [0.2, 0.25) is 0 Å². The van der Waals surface area contributed by atoms with Crippen molar-refractivity contribution in [1.82, 2.24) is 25.1 Å². The van der Waals surface area contributed by atoms with Gasteiger partial charge in [-0.1, -0.05) is 23.9 Å². The number of imidazole rings is 1. The summed E-state index contributed by atoms with van der Waals surface area (Å²) >= 11 is 1.35. The monoisotopic (exact) mass is 383 g/mol. The van der Waals surface area contributed by atoms with Crippen LogP contribution in [0.5, 0.6) is 5.75 Å². The first kappa shape index (κ1) is 18.9. The summed E-state index contributed by atoms with van der Waals surface area (Å²) in [4.78, 5) is 16.4. The van der Waals surface area contributed by atoms with Gasteiger partial charge in [0.15, 0.2) is 5.82 Å². The number of aryl methyl sites for hydroxylation is 1. The Morgan fingerprint density at radius 1 is 1.22 bits per heavy atom. The summed E-state index contributed by atoms with van der Waals surface area (Å²) in [6.45, 7) is 3.87. The topological polar surface area (TPSA) is 81.9 Å². The molecule has 0 aliphatic carbocycles. The number of methoxy groups -OCH3 is 1. The summed E-state index contributed by atoms with van der Waals surface area (Å²) in [7, 11) is 1.63. The molecule has 0 aliphatic rings. The molecule has 3 aromatic rings. The molecule has 2 heterocycles. The highest BCUT2D eigenvalue weighted by molar-refractivity contribution is 7.99. The van der Waals surface area contributed by atoms with Crippen molar-refractivity contribution >= 4 is 17.7 Å². The highest BCUT2D eigenvalue weighted by Gasteiger charge is 2.11. The van der Waals surface area contributed by atoms with Gasteiger partial charge in [-0.2, -0.15) is 0 Å². The SMILES string of the molecule is COc1ccc([C@H](C)NC(=O)CSc2ccc(-n3cnc(C)c3)nn2)cc1. The molecule has 0 aliphatic heterocycles. The molecule has 1 aromatic carbocycles. The molecule has 0 bridgehead atoms. The van der Waals surface area contributed by atoms with E-state index >= 15 is 0 Å². The molecular formula is C19H21N5O2S. The van der Waals surface area contributed by atoms with Gasteiger partial charge in [-0.3, -0.25) is 9.36 Å². The van der Waals surface area contributed by atoms with Gasteiger partial charge in [0.2, 0.25) is 5.91 Å². The number of carbonyl (C=O) groups is 1. The van der Waals surface area contributed by atoms with Crippen LogP contribution in [0, 0.1) is 6.92 Å². The molecule has 2 aromatic heterocycles. The van der Waals surface area contributed by atoms with Crippen molar-refractivity contribution in [2.45, 2.75) is 24.9 Å². The number of benzene rings is 1. The molecule has 140 valence electrons. The lowest BCUT2D eigenvalue weighted by atomic mass is 10.1. The summed E-state index contributed by atoms with van der Waals surface area (Å²) < 4.78 is 6.95. The van der Waals surface area contributed by atoms with Crippen LogP contribution in [-0.4, -0.2) is 38.5 Å². The zero-order valence-corrected chi connectivity index (χ0v) is 16.2. The van der Waals surface area contributed by atoms with Crippen LogP contribution in [0.4, 0.5) is 0 Å². The first-order valence-electron chi connectivity index (χ1n) is 8.46. The van der Waals surface area contributed by atoms with Crippen LogP contribution in [0.1, 0.15) is 24.2 Å². The Hall–Kier alpha value is -2.87. The zero-order valence-electron chi connectivity index (χ0n) is 15.4. The van der Waals surface area contributed by atoms with Gasteiger partial charge in [0.1, 0.15) is 17.1 Å². The average molecular weight is 383 g/mol. The number of nitrogens with zero attached hydrogens (tertiary/aromatic N) is 4. The number of aromatic nitrogens is 4. The van der Waals surface area contributed by atoms with Crippen LogP contribution in [0.3, 0.4) is 0 Å². The van der Waals surface area contributed by atoms with Crippen LogP contribution in [0.25, 0.3) is 5.82 Å². The van der Waals surface area contributed by atoms with Gasteiger partial charge in [-0.05, 0) is 43.7 Å². The fourth-order valence-corrected chi connectivity index (χ4v) is 3.10. The fourth-order valence-electron chi connectivity index (χ4n) is 2.47. The maximum absolute atomic E-state index is 12.2. The maximum Gasteiger partial charge on any atom is 0.230 e. The predicted molar refractivity (Wildman–Crippen MR) is 104 cm³/mol. The highest BCUT2D eigenvalue weighted by atomic mass is 32.2. The number of nitrogens with one attached hydrogen (secondary N) is 1. The number of hydrogen-bond acceptors (Lipinski definition) is 6. The minimum atomic E-state index is -0.0815. The third kappa shape index (κ3) is 5.07. The molecule has 27 heavy (non-hydrogen) atoms. The summed E-state index contributed by atoms with van der Waals surface area (Å²) in [6.07, 6.45) is 3.57. The molecule has 1 N–H and O–H groups in total. The Balaban J connectivity index is 1.51. The van der Waals surface area contributed by atoms with E-state index in [1.165, 1.54) is 11.8 Å². The second-order valence-electron chi connectivity index (χ2n) is 6.00. The van der Waals surface area contributed by atoms with Gasteiger partial charge >= 0.3 is 0 Å². The van der Waals surface area contributed by atoms with Crippen molar-refractivity contribution in [2.75, 3.05) is 12.9 Å². The minimum Gasteiger partial charge on any atom is -0.497 e. The van der Waals surface area contributed by atoms with E-state index in [1.807, 2.05) is 56.4 Å². The molecular weight excluding hydrogens is 362 g/mol. The van der Waals surface area contributed by atoms with E-state index in [0.29, 0.717) is 10.8 Å². The Bertz CT molecular complexity index is 893.